The highest BCUT2D eigenvalue weighted by molar-refractivity contribution is 5.78. The minimum atomic E-state index is -1.10. The van der Waals surface area contributed by atoms with Gasteiger partial charge in [-0.3, -0.25) is 4.79 Å². The van der Waals surface area contributed by atoms with Gasteiger partial charge in [0, 0.05) is 12.3 Å². The second-order valence-electron chi connectivity index (χ2n) is 4.97. The second-order valence-corrected chi connectivity index (χ2v) is 4.97. The van der Waals surface area contributed by atoms with Crippen LogP contribution in [0.5, 0.6) is 0 Å². The van der Waals surface area contributed by atoms with E-state index in [0.717, 1.165) is 17.4 Å². The van der Waals surface area contributed by atoms with E-state index in [0.29, 0.717) is 18.4 Å². The monoisotopic (exact) mass is 250 g/mol. The van der Waals surface area contributed by atoms with Gasteiger partial charge in [0.15, 0.2) is 5.41 Å². The lowest BCUT2D eigenvalue weighted by Gasteiger charge is -2.22. The predicted octanol–water partition coefficient (Wildman–Crippen LogP) is 2.80. The molecule has 94 valence electrons. The molecule has 1 aromatic rings. The molecule has 0 aromatic heterocycles. The van der Waals surface area contributed by atoms with E-state index in [1.807, 2.05) is 37.3 Å². The van der Waals surface area contributed by atoms with Crippen molar-refractivity contribution in [3.63, 3.8) is 0 Å². The van der Waals surface area contributed by atoms with Crippen molar-refractivity contribution < 1.29 is 4.79 Å². The van der Waals surface area contributed by atoms with Gasteiger partial charge in [0.2, 0.25) is 0 Å². The van der Waals surface area contributed by atoms with E-state index in [1.165, 1.54) is 0 Å². The first-order chi connectivity index (χ1) is 9.16. The third-order valence-electron chi connectivity index (χ3n) is 3.82. The number of rotatable bonds is 3. The van der Waals surface area contributed by atoms with Gasteiger partial charge >= 0.3 is 0 Å². The first-order valence-corrected chi connectivity index (χ1v) is 6.18. The Kier molecular flexibility index (Phi) is 3.49. The molecular formula is C16H14N2O. The van der Waals surface area contributed by atoms with E-state index >= 15 is 0 Å². The van der Waals surface area contributed by atoms with Crippen molar-refractivity contribution in [3.05, 3.63) is 47.0 Å². The average Bonchev–Trinajstić information content (AvgIpc) is 2.72. The molecule has 0 heterocycles. The Morgan fingerprint density at radius 1 is 1.32 bits per heavy atom. The summed E-state index contributed by atoms with van der Waals surface area (Å²) in [5.74, 6) is -0.331. The Bertz CT molecular complexity index is 588. The molecule has 0 amide bonds. The molecule has 2 rings (SSSR count). The van der Waals surface area contributed by atoms with Crippen molar-refractivity contribution in [1.29, 1.82) is 10.5 Å². The maximum Gasteiger partial charge on any atom is 0.154 e. The van der Waals surface area contributed by atoms with E-state index in [9.17, 15) is 15.3 Å². The van der Waals surface area contributed by atoms with Gasteiger partial charge in [0.1, 0.15) is 6.29 Å². The van der Waals surface area contributed by atoms with Crippen LogP contribution in [-0.2, 0) is 11.2 Å². The molecule has 0 fully saturated rings. The molecule has 0 radical (unpaired) electrons. The lowest BCUT2D eigenvalue weighted by Crippen LogP contribution is -2.26. The highest BCUT2D eigenvalue weighted by Crippen LogP contribution is 2.46. The number of nitrogens with zero attached hydrogens (tertiary/aromatic N) is 2. The van der Waals surface area contributed by atoms with E-state index < -0.39 is 5.41 Å². The molecular weight excluding hydrogens is 236 g/mol. The quantitative estimate of drug-likeness (QED) is 0.775. The van der Waals surface area contributed by atoms with E-state index in [4.69, 9.17) is 0 Å². The number of carbonyl (C=O) groups excluding carboxylic acids is 1. The van der Waals surface area contributed by atoms with Gasteiger partial charge in [0.25, 0.3) is 0 Å². The molecule has 1 aliphatic carbocycles. The van der Waals surface area contributed by atoms with Crippen molar-refractivity contribution in [2.75, 3.05) is 0 Å². The second kappa shape index (κ2) is 5.08. The Balaban J connectivity index is 2.41. The standard InChI is InChI=1S/C16H14N2O/c1-12-8-16(10-17,11-18)15(14(12)9-19)7-13-5-3-2-4-6-13/h2-6,9,15H,7-8H2,1H3/t15-/m1/s1. The van der Waals surface area contributed by atoms with Crippen LogP contribution >= 0.6 is 0 Å². The summed E-state index contributed by atoms with van der Waals surface area (Å²) in [5, 5.41) is 18.8. The number of hydrogen-bond acceptors (Lipinski definition) is 3. The Morgan fingerprint density at radius 3 is 2.47 bits per heavy atom. The van der Waals surface area contributed by atoms with Crippen molar-refractivity contribution in [1.82, 2.24) is 0 Å². The van der Waals surface area contributed by atoms with Crippen LogP contribution in [0, 0.1) is 34.0 Å². The zero-order chi connectivity index (χ0) is 13.9. The molecule has 3 nitrogen and oxygen atoms in total. The molecule has 3 heteroatoms. The summed E-state index contributed by atoms with van der Waals surface area (Å²) in [6, 6.07) is 13.9. The van der Waals surface area contributed by atoms with E-state index in [-0.39, 0.29) is 5.92 Å². The SMILES string of the molecule is CC1=C(C=O)[C@@H](Cc2ccccc2)C(C#N)(C#N)C1. The number of benzene rings is 1. The zero-order valence-electron chi connectivity index (χ0n) is 10.8. The van der Waals surface area contributed by atoms with Gasteiger partial charge in [0.05, 0.1) is 12.1 Å². The number of allylic oxidation sites excluding steroid dienone is 2. The Morgan fingerprint density at radius 2 is 1.95 bits per heavy atom. The number of hydrogen-bond donors (Lipinski definition) is 0. The van der Waals surface area contributed by atoms with Gasteiger partial charge in [-0.2, -0.15) is 10.5 Å². The molecule has 0 N–H and O–H groups in total. The van der Waals surface area contributed by atoms with Crippen molar-refractivity contribution in [2.45, 2.75) is 19.8 Å². The van der Waals surface area contributed by atoms with Gasteiger partial charge in [-0.15, -0.1) is 0 Å². The van der Waals surface area contributed by atoms with Crippen molar-refractivity contribution in [3.8, 4) is 12.1 Å². The molecule has 1 aromatic carbocycles. The molecule has 1 aliphatic rings. The lowest BCUT2D eigenvalue weighted by molar-refractivity contribution is -0.105. The third-order valence-corrected chi connectivity index (χ3v) is 3.82. The summed E-state index contributed by atoms with van der Waals surface area (Å²) in [4.78, 5) is 11.3. The molecule has 0 aliphatic heterocycles. The zero-order valence-corrected chi connectivity index (χ0v) is 10.8. The number of nitriles is 2. The fraction of sp³-hybridized carbons (Fsp3) is 0.312. The Labute approximate surface area is 112 Å². The smallest absolute Gasteiger partial charge is 0.154 e. The average molecular weight is 250 g/mol. The van der Waals surface area contributed by atoms with Gasteiger partial charge in [-0.05, 0) is 24.5 Å². The van der Waals surface area contributed by atoms with Crippen LogP contribution in [0.3, 0.4) is 0 Å². The first kappa shape index (κ1) is 13.1. The largest absolute Gasteiger partial charge is 0.298 e. The van der Waals surface area contributed by atoms with Crippen LogP contribution in [0.2, 0.25) is 0 Å². The predicted molar refractivity (Wildman–Crippen MR) is 70.7 cm³/mol. The topological polar surface area (TPSA) is 64.7 Å². The summed E-state index contributed by atoms with van der Waals surface area (Å²) in [7, 11) is 0. The van der Waals surface area contributed by atoms with Crippen molar-refractivity contribution >= 4 is 6.29 Å². The summed E-state index contributed by atoms with van der Waals surface area (Å²) >= 11 is 0. The fourth-order valence-corrected chi connectivity index (χ4v) is 2.78. The van der Waals surface area contributed by atoms with Gasteiger partial charge in [-0.1, -0.05) is 35.9 Å². The minimum Gasteiger partial charge on any atom is -0.298 e. The molecule has 19 heavy (non-hydrogen) atoms. The maximum absolute atomic E-state index is 11.3. The third kappa shape index (κ3) is 2.16. The van der Waals surface area contributed by atoms with Crippen molar-refractivity contribution in [2.24, 2.45) is 11.3 Å². The Hall–Kier alpha value is -2.39. The van der Waals surface area contributed by atoms with Crippen LogP contribution < -0.4 is 0 Å². The normalized spacial score (nSPS) is 20.7. The fourth-order valence-electron chi connectivity index (χ4n) is 2.78. The highest BCUT2D eigenvalue weighted by Gasteiger charge is 2.47. The summed E-state index contributed by atoms with van der Waals surface area (Å²) < 4.78 is 0. The minimum absolute atomic E-state index is 0.331. The molecule has 0 saturated heterocycles. The van der Waals surface area contributed by atoms with Gasteiger partial charge in [-0.25, -0.2) is 0 Å². The van der Waals surface area contributed by atoms with Crippen LogP contribution in [0.1, 0.15) is 18.9 Å². The molecule has 0 bridgehead atoms. The van der Waals surface area contributed by atoms with Crippen LogP contribution in [0.25, 0.3) is 0 Å². The van der Waals surface area contributed by atoms with E-state index in [2.05, 4.69) is 12.1 Å². The molecule has 0 unspecified atom stereocenters. The van der Waals surface area contributed by atoms with Gasteiger partial charge < -0.3 is 0 Å². The van der Waals surface area contributed by atoms with Crippen LogP contribution in [-0.4, -0.2) is 6.29 Å². The molecule has 1 atom stereocenters. The molecule has 0 spiro atoms. The summed E-state index contributed by atoms with van der Waals surface area (Å²) in [6.45, 7) is 1.83. The first-order valence-electron chi connectivity index (χ1n) is 6.18. The number of carbonyl (C=O) groups is 1. The van der Waals surface area contributed by atoms with E-state index in [1.54, 1.807) is 0 Å². The molecule has 0 saturated carbocycles. The van der Waals surface area contributed by atoms with Crippen LogP contribution in [0.4, 0.5) is 0 Å². The highest BCUT2D eigenvalue weighted by atomic mass is 16.1. The maximum atomic E-state index is 11.3. The summed E-state index contributed by atoms with van der Waals surface area (Å²) in [5.41, 5.74) is 1.42. The van der Waals surface area contributed by atoms with Crippen LogP contribution in [0.15, 0.2) is 41.5 Å². The lowest BCUT2D eigenvalue weighted by atomic mass is 9.74. The summed E-state index contributed by atoms with van der Waals surface area (Å²) in [6.07, 6.45) is 1.72. The number of aldehydes is 1.